The molecular formula is C22H35N3O. The van der Waals surface area contributed by atoms with Gasteiger partial charge in [0.05, 0.1) is 6.10 Å². The molecule has 1 aromatic carbocycles. The standard InChI is InChI=1S/C22H35N3O/c1-2-7-20(8-3-1)15-24-12-6-14-26-22(18-24)19-25-13-9-21(17-25)16-23-10-4-5-11-23/h1-3,7-8,21-22H,4-6,9-19H2/t21-,22+/m0/s1. The normalized spacial score (nSPS) is 29.2. The molecule has 0 N–H and O–H groups in total. The van der Waals surface area contributed by atoms with Gasteiger partial charge in [-0.1, -0.05) is 30.3 Å². The van der Waals surface area contributed by atoms with E-state index in [-0.39, 0.29) is 0 Å². The molecule has 0 bridgehead atoms. The van der Waals surface area contributed by atoms with Crippen LogP contribution < -0.4 is 0 Å². The Morgan fingerprint density at radius 3 is 2.46 bits per heavy atom. The summed E-state index contributed by atoms with van der Waals surface area (Å²) < 4.78 is 6.21. The molecule has 0 aliphatic carbocycles. The van der Waals surface area contributed by atoms with Gasteiger partial charge in [-0.3, -0.25) is 4.90 Å². The van der Waals surface area contributed by atoms with E-state index in [1.54, 1.807) is 0 Å². The minimum absolute atomic E-state index is 0.367. The van der Waals surface area contributed by atoms with Crippen LogP contribution in [0.5, 0.6) is 0 Å². The Bertz CT molecular complexity index is 531. The van der Waals surface area contributed by atoms with Crippen molar-refractivity contribution in [3.05, 3.63) is 35.9 Å². The van der Waals surface area contributed by atoms with E-state index in [1.807, 2.05) is 0 Å². The van der Waals surface area contributed by atoms with E-state index in [2.05, 4.69) is 45.0 Å². The van der Waals surface area contributed by atoms with Crippen molar-refractivity contribution in [1.29, 1.82) is 0 Å². The summed E-state index contributed by atoms with van der Waals surface area (Å²) in [7, 11) is 0. The van der Waals surface area contributed by atoms with Crippen molar-refractivity contribution < 1.29 is 4.74 Å². The number of benzene rings is 1. The van der Waals surface area contributed by atoms with Crippen LogP contribution in [0.1, 0.15) is 31.2 Å². The van der Waals surface area contributed by atoms with Crippen LogP contribution >= 0.6 is 0 Å². The van der Waals surface area contributed by atoms with E-state index in [0.29, 0.717) is 6.10 Å². The van der Waals surface area contributed by atoms with Gasteiger partial charge in [0.25, 0.3) is 0 Å². The highest BCUT2D eigenvalue weighted by Crippen LogP contribution is 2.21. The first-order chi connectivity index (χ1) is 12.8. The molecule has 26 heavy (non-hydrogen) atoms. The van der Waals surface area contributed by atoms with Crippen molar-refractivity contribution in [2.24, 2.45) is 5.92 Å². The van der Waals surface area contributed by atoms with Crippen LogP contribution in [0.3, 0.4) is 0 Å². The summed E-state index contributed by atoms with van der Waals surface area (Å²) in [6.45, 7) is 11.8. The van der Waals surface area contributed by atoms with E-state index in [0.717, 1.165) is 45.1 Å². The second-order valence-electron chi connectivity index (χ2n) is 8.49. The van der Waals surface area contributed by atoms with E-state index in [1.165, 1.54) is 57.5 Å². The Kier molecular flexibility index (Phi) is 6.60. The van der Waals surface area contributed by atoms with Gasteiger partial charge in [0.2, 0.25) is 0 Å². The third kappa shape index (κ3) is 5.29. The largest absolute Gasteiger partial charge is 0.376 e. The predicted molar refractivity (Wildman–Crippen MR) is 106 cm³/mol. The molecular weight excluding hydrogens is 322 g/mol. The van der Waals surface area contributed by atoms with Crippen LogP contribution in [0.2, 0.25) is 0 Å². The summed E-state index contributed by atoms with van der Waals surface area (Å²) in [4.78, 5) is 7.93. The maximum absolute atomic E-state index is 6.21. The predicted octanol–water partition coefficient (Wildman–Crippen LogP) is 2.70. The number of hydrogen-bond donors (Lipinski definition) is 0. The van der Waals surface area contributed by atoms with Crippen LogP contribution in [0.4, 0.5) is 0 Å². The van der Waals surface area contributed by atoms with E-state index >= 15 is 0 Å². The van der Waals surface area contributed by atoms with Gasteiger partial charge < -0.3 is 14.5 Å². The molecule has 3 saturated heterocycles. The third-order valence-corrected chi connectivity index (χ3v) is 6.23. The van der Waals surface area contributed by atoms with Gasteiger partial charge in [0, 0.05) is 45.9 Å². The SMILES string of the molecule is c1ccc(CN2CCCO[C@@H](CN3CC[C@@H](CN4CCCC4)C3)C2)cc1. The first-order valence-corrected chi connectivity index (χ1v) is 10.7. The molecule has 1 aromatic rings. The fourth-order valence-corrected chi connectivity index (χ4v) is 4.91. The van der Waals surface area contributed by atoms with Crippen LogP contribution in [0.15, 0.2) is 30.3 Å². The second kappa shape index (κ2) is 9.32. The Morgan fingerprint density at radius 1 is 0.808 bits per heavy atom. The van der Waals surface area contributed by atoms with Crippen LogP contribution in [0.25, 0.3) is 0 Å². The highest BCUT2D eigenvalue weighted by molar-refractivity contribution is 5.14. The van der Waals surface area contributed by atoms with Crippen LogP contribution in [0, 0.1) is 5.92 Å². The van der Waals surface area contributed by atoms with Gasteiger partial charge >= 0.3 is 0 Å². The molecule has 2 atom stereocenters. The highest BCUT2D eigenvalue weighted by atomic mass is 16.5. The van der Waals surface area contributed by atoms with Crippen molar-refractivity contribution in [1.82, 2.24) is 14.7 Å². The first kappa shape index (κ1) is 18.4. The fourth-order valence-electron chi connectivity index (χ4n) is 4.91. The Balaban J connectivity index is 1.24. The van der Waals surface area contributed by atoms with Crippen molar-refractivity contribution in [3.8, 4) is 0 Å². The van der Waals surface area contributed by atoms with Gasteiger partial charge in [-0.05, 0) is 56.8 Å². The fraction of sp³-hybridized carbons (Fsp3) is 0.727. The van der Waals surface area contributed by atoms with Gasteiger partial charge in [-0.25, -0.2) is 0 Å². The molecule has 0 radical (unpaired) electrons. The molecule has 0 aromatic heterocycles. The summed E-state index contributed by atoms with van der Waals surface area (Å²) in [5.41, 5.74) is 1.42. The summed E-state index contributed by atoms with van der Waals surface area (Å²) in [6, 6.07) is 10.9. The smallest absolute Gasteiger partial charge is 0.0828 e. The molecule has 3 heterocycles. The lowest BCUT2D eigenvalue weighted by molar-refractivity contribution is 0.0298. The Labute approximate surface area is 159 Å². The van der Waals surface area contributed by atoms with Crippen molar-refractivity contribution in [2.45, 2.75) is 38.3 Å². The van der Waals surface area contributed by atoms with Crippen LogP contribution in [-0.2, 0) is 11.3 Å². The summed E-state index contributed by atoms with van der Waals surface area (Å²) in [6.07, 6.45) is 5.71. The highest BCUT2D eigenvalue weighted by Gasteiger charge is 2.28. The van der Waals surface area contributed by atoms with Crippen molar-refractivity contribution in [3.63, 3.8) is 0 Å². The Hall–Kier alpha value is -0.940. The lowest BCUT2D eigenvalue weighted by atomic mass is 10.1. The topological polar surface area (TPSA) is 19.0 Å². The summed E-state index contributed by atoms with van der Waals surface area (Å²) >= 11 is 0. The van der Waals surface area contributed by atoms with Crippen molar-refractivity contribution in [2.75, 3.05) is 59.0 Å². The molecule has 3 aliphatic heterocycles. The van der Waals surface area contributed by atoms with Gasteiger partial charge in [0.15, 0.2) is 0 Å². The van der Waals surface area contributed by atoms with Gasteiger partial charge in [-0.15, -0.1) is 0 Å². The minimum atomic E-state index is 0.367. The first-order valence-electron chi connectivity index (χ1n) is 10.7. The van der Waals surface area contributed by atoms with Gasteiger partial charge in [-0.2, -0.15) is 0 Å². The second-order valence-corrected chi connectivity index (χ2v) is 8.49. The molecule has 0 saturated carbocycles. The lowest BCUT2D eigenvalue weighted by Gasteiger charge is -2.27. The van der Waals surface area contributed by atoms with Gasteiger partial charge in [0.1, 0.15) is 0 Å². The molecule has 0 spiro atoms. The number of hydrogen-bond acceptors (Lipinski definition) is 4. The zero-order valence-corrected chi connectivity index (χ0v) is 16.2. The maximum Gasteiger partial charge on any atom is 0.0828 e. The molecule has 4 nitrogen and oxygen atoms in total. The lowest BCUT2D eigenvalue weighted by Crippen LogP contribution is -2.39. The quantitative estimate of drug-likeness (QED) is 0.779. The average Bonchev–Trinajstić information content (AvgIpc) is 3.27. The zero-order valence-electron chi connectivity index (χ0n) is 16.2. The number of nitrogens with zero attached hydrogens (tertiary/aromatic N) is 3. The van der Waals surface area contributed by atoms with E-state index in [4.69, 9.17) is 4.74 Å². The summed E-state index contributed by atoms with van der Waals surface area (Å²) in [5, 5.41) is 0. The average molecular weight is 358 g/mol. The molecule has 4 rings (SSSR count). The Morgan fingerprint density at radius 2 is 1.62 bits per heavy atom. The number of rotatable bonds is 6. The molecule has 4 heteroatoms. The summed E-state index contributed by atoms with van der Waals surface area (Å²) in [5.74, 6) is 0.874. The van der Waals surface area contributed by atoms with E-state index in [9.17, 15) is 0 Å². The minimum Gasteiger partial charge on any atom is -0.376 e. The van der Waals surface area contributed by atoms with Crippen LogP contribution in [-0.4, -0.2) is 79.8 Å². The molecule has 144 valence electrons. The molecule has 3 fully saturated rings. The number of ether oxygens (including phenoxy) is 1. The zero-order chi connectivity index (χ0) is 17.6. The third-order valence-electron chi connectivity index (χ3n) is 6.23. The maximum atomic E-state index is 6.21. The monoisotopic (exact) mass is 357 g/mol. The van der Waals surface area contributed by atoms with E-state index < -0.39 is 0 Å². The molecule has 3 aliphatic rings. The number of likely N-dealkylation sites (tertiary alicyclic amines) is 2. The molecule has 0 unspecified atom stereocenters. The van der Waals surface area contributed by atoms with Crippen molar-refractivity contribution >= 4 is 0 Å². The molecule has 0 amide bonds.